The fourth-order valence-corrected chi connectivity index (χ4v) is 13.9. The van der Waals surface area contributed by atoms with E-state index in [1.165, 1.54) is 73.5 Å². The maximum absolute atomic E-state index is 15.4. The van der Waals surface area contributed by atoms with Crippen molar-refractivity contribution in [1.29, 1.82) is 10.8 Å². The highest BCUT2D eigenvalue weighted by atomic mass is 32.2. The molecule has 122 heavy (non-hydrogen) atoms. The van der Waals surface area contributed by atoms with Crippen molar-refractivity contribution in [1.82, 2.24) is 109 Å². The van der Waals surface area contributed by atoms with Crippen LogP contribution in [0.2, 0.25) is 0 Å². The number of fused-ring (bicyclic) bond motifs is 1. The Bertz CT molecular complexity index is 4790. The van der Waals surface area contributed by atoms with Crippen LogP contribution in [0.5, 0.6) is 5.75 Å². The summed E-state index contributed by atoms with van der Waals surface area (Å²) in [5, 5.41) is 74.7. The summed E-state index contributed by atoms with van der Waals surface area (Å²) >= 11 is 0.797. The summed E-state index contributed by atoms with van der Waals surface area (Å²) in [6.07, 6.45) is 5.91. The van der Waals surface area contributed by atoms with Crippen molar-refractivity contribution in [2.75, 3.05) is 51.3 Å². The summed E-state index contributed by atoms with van der Waals surface area (Å²) in [7, 11) is 2.81. The first-order valence-corrected chi connectivity index (χ1v) is 40.3. The molecule has 1 fully saturated rings. The molecule has 14 amide bonds. The molecule has 1 saturated heterocycles. The smallest absolute Gasteiger partial charge is 0.245 e. The van der Waals surface area contributed by atoms with Gasteiger partial charge in [0.2, 0.25) is 82.7 Å². The molecule has 4 heterocycles. The van der Waals surface area contributed by atoms with Gasteiger partial charge >= 0.3 is 0 Å². The standard InChI is InChI=1S/C79H104N26O16S/c1-4-53-69(113)99-57(28-46-18-21-47-14-8-9-15-48(47)26-46)72(116)100-58(30-49-33-85-41-92-49)67(111)91-37-65(109)95-61(38-106)75(119)98-55(17-11-25-89-79(83)84)77(121)105(3)63(29-45-19-22-52(107)23-20-45)76(120)102-59(31-50-34-86-42-93-50)73(117)97-54(16-10-24-88-78(81)82)70(114)101-60(32-51-35-87-43-104(51)2)74(118)103-62(68(112)90-36-64(80)108)39-122-40-66(110)94-56(71(115)96-53)27-44-12-6-5-7-13-44/h5-9,12-15,18-23,26,33-35,41-43,53-63,106-107H,4,10-11,16-17,24-25,27-32,36-40H2,1-3H3,(H2,80,108)(H,85,92)(H,86,93)(H,90,112)(H,91,111)(H,94,110)(H,95,109)(H,96,115)(H,97,117)(H,98,119)(H,99,113)(H,100,116)(H,101,114)(H,102,120)(H,103,118)(H4,81,82,88)(H4,83,84,89)/t53-,54-,55-,56-,57-,58-,59-,60-,61-,62-,63-/m0/s1. The Hall–Kier alpha value is -14.0. The molecule has 43 heteroatoms. The monoisotopic (exact) mass is 1700 g/mol. The number of H-pyrrole nitrogens is 2. The van der Waals surface area contributed by atoms with Gasteiger partial charge in [-0.3, -0.25) is 77.9 Å². The van der Waals surface area contributed by atoms with E-state index < -0.39 is 199 Å². The molecule has 0 bridgehead atoms. The first-order valence-electron chi connectivity index (χ1n) is 39.1. The van der Waals surface area contributed by atoms with Crippen molar-refractivity contribution in [2.24, 2.45) is 24.2 Å². The van der Waals surface area contributed by atoms with Crippen LogP contribution < -0.4 is 91.6 Å². The number of benzene rings is 4. The van der Waals surface area contributed by atoms with Gasteiger partial charge in [0.25, 0.3) is 0 Å². The first kappa shape index (κ1) is 93.5. The number of primary amides is 1. The third-order valence-corrected chi connectivity index (χ3v) is 20.6. The highest BCUT2D eigenvalue weighted by Crippen LogP contribution is 2.21. The number of hydrogen-bond acceptors (Lipinski definition) is 22. The minimum absolute atomic E-state index is 0.00235. The average molecular weight is 1710 g/mol. The lowest BCUT2D eigenvalue weighted by Gasteiger charge is -2.33. The van der Waals surface area contributed by atoms with E-state index in [0.717, 1.165) is 27.4 Å². The summed E-state index contributed by atoms with van der Waals surface area (Å²) in [6.45, 7) is -1.21. The maximum Gasteiger partial charge on any atom is 0.245 e. The Kier molecular flexibility index (Phi) is 36.0. The lowest BCUT2D eigenvalue weighted by Crippen LogP contribution is -2.61. The molecule has 42 nitrogen and oxygen atoms in total. The van der Waals surface area contributed by atoms with Crippen LogP contribution in [0.15, 0.2) is 135 Å². The van der Waals surface area contributed by atoms with E-state index in [1.54, 1.807) is 62.5 Å². The zero-order chi connectivity index (χ0) is 88.4. The van der Waals surface area contributed by atoms with E-state index in [2.05, 4.69) is 99.4 Å². The van der Waals surface area contributed by atoms with Crippen LogP contribution in [-0.4, -0.2) is 257 Å². The SMILES string of the molecule is CC[C@@H]1NC(=O)[C@H](Cc2ccccc2)NC(=O)CSC[C@@H](C(=O)NCC(N)=O)NC(=O)[C@H](Cc2cncn2C)NC(=O)[C@H](CCCNC(=N)N)NC(=O)[C@H](Cc2c[nH]cn2)NC(=O)[C@H](Cc2ccc(O)cc2)N(C)C(=O)[C@H](CCCNC(=N)N)NC(=O)[C@H](CO)NC(=O)CNC(=O)[C@H](Cc2c[nH]cn2)NC(=O)[C@H](Cc2ccc3ccccc3c2)NC1=O. The van der Waals surface area contributed by atoms with Gasteiger partial charge in [0, 0.05) is 95.7 Å². The first-order chi connectivity index (χ1) is 58.4. The van der Waals surface area contributed by atoms with E-state index in [4.69, 9.17) is 28.0 Å². The van der Waals surface area contributed by atoms with Crippen LogP contribution in [0, 0.1) is 10.8 Å². The number of guanidine groups is 2. The van der Waals surface area contributed by atoms with E-state index in [9.17, 15) is 48.6 Å². The molecule has 0 aliphatic carbocycles. The summed E-state index contributed by atoms with van der Waals surface area (Å²) < 4.78 is 1.53. The predicted molar refractivity (Wildman–Crippen MR) is 445 cm³/mol. The van der Waals surface area contributed by atoms with Gasteiger partial charge in [0.15, 0.2) is 11.9 Å². The Morgan fingerprint density at radius 3 is 1.60 bits per heavy atom. The third-order valence-electron chi connectivity index (χ3n) is 19.6. The number of aliphatic hydroxyl groups excluding tert-OH is 1. The normalized spacial score (nSPS) is 21.7. The number of nitrogens with two attached hydrogens (primary N) is 3. The molecule has 0 unspecified atom stereocenters. The van der Waals surface area contributed by atoms with E-state index in [-0.39, 0.29) is 94.4 Å². The third kappa shape index (κ3) is 29.8. The minimum atomic E-state index is -1.85. The molecule has 1 aliphatic heterocycles. The zero-order valence-electron chi connectivity index (χ0n) is 67.3. The molecule has 0 radical (unpaired) electrons. The number of carbonyl (C=O) groups excluding carboxylic acids is 14. The second kappa shape index (κ2) is 47.0. The fourth-order valence-electron chi connectivity index (χ4n) is 13.0. The summed E-state index contributed by atoms with van der Waals surface area (Å²) in [4.78, 5) is 223. The topological polar surface area (TPSA) is 652 Å². The molecule has 4 aromatic carbocycles. The number of amides is 14. The van der Waals surface area contributed by atoms with Crippen molar-refractivity contribution in [2.45, 2.75) is 144 Å². The van der Waals surface area contributed by atoms with Crippen molar-refractivity contribution in [3.8, 4) is 5.75 Å². The van der Waals surface area contributed by atoms with E-state index >= 15 is 28.8 Å². The zero-order valence-corrected chi connectivity index (χ0v) is 68.1. The van der Waals surface area contributed by atoms with Gasteiger partial charge in [-0.15, -0.1) is 11.8 Å². The van der Waals surface area contributed by atoms with Crippen LogP contribution in [0.25, 0.3) is 10.8 Å². The van der Waals surface area contributed by atoms with Gasteiger partial charge in [-0.25, -0.2) is 15.0 Å². The molecule has 11 atom stereocenters. The Balaban J connectivity index is 1.19. The number of likely N-dealkylation sites (N-methyl/N-ethyl adjacent to an activating group) is 1. The molecule has 7 aromatic rings. The largest absolute Gasteiger partial charge is 0.508 e. The van der Waals surface area contributed by atoms with Crippen LogP contribution in [0.4, 0.5) is 0 Å². The average Bonchev–Trinajstić information content (AvgIpc) is 1.23. The molecule has 652 valence electrons. The number of phenolic OH excluding ortho intramolecular Hbond substituents is 1. The highest BCUT2D eigenvalue weighted by molar-refractivity contribution is 8.00. The quantitative estimate of drug-likeness (QED) is 0.0144. The van der Waals surface area contributed by atoms with Crippen molar-refractivity contribution in [3.05, 3.63) is 168 Å². The van der Waals surface area contributed by atoms with Gasteiger partial charge < -0.3 is 121 Å². The number of thioether (sulfide) groups is 1. The number of phenols is 1. The number of nitrogens with one attached hydrogen (secondary N) is 18. The summed E-state index contributed by atoms with van der Waals surface area (Å²) in [5.74, 6) is -15.6. The summed E-state index contributed by atoms with van der Waals surface area (Å²) in [6, 6.07) is 9.16. The molecule has 0 spiro atoms. The van der Waals surface area contributed by atoms with Crippen molar-refractivity contribution < 1.29 is 77.3 Å². The number of aliphatic hydroxyl groups is 1. The lowest BCUT2D eigenvalue weighted by molar-refractivity contribution is -0.143. The van der Waals surface area contributed by atoms with Crippen LogP contribution in [-0.2, 0) is 113 Å². The van der Waals surface area contributed by atoms with Gasteiger partial charge in [-0.05, 0) is 71.7 Å². The minimum Gasteiger partial charge on any atom is -0.508 e. The Morgan fingerprint density at radius 1 is 0.525 bits per heavy atom. The number of carbonyl (C=O) groups is 14. The molecule has 26 N–H and O–H groups in total. The number of imidazole rings is 3. The number of aromatic amines is 2. The second-order valence-electron chi connectivity index (χ2n) is 28.8. The molecular weight excluding hydrogens is 1600 g/mol. The van der Waals surface area contributed by atoms with Crippen LogP contribution >= 0.6 is 11.8 Å². The summed E-state index contributed by atoms with van der Waals surface area (Å²) in [5.41, 5.74) is 18.9. The maximum atomic E-state index is 15.4. The number of nitrogens with zero attached hydrogens (tertiary/aromatic N) is 5. The van der Waals surface area contributed by atoms with Gasteiger partial charge in [-0.2, -0.15) is 0 Å². The lowest BCUT2D eigenvalue weighted by atomic mass is 10.00. The van der Waals surface area contributed by atoms with Gasteiger partial charge in [0.05, 0.1) is 55.8 Å². The van der Waals surface area contributed by atoms with Crippen LogP contribution in [0.1, 0.15) is 72.8 Å². The number of hydrogen-bond donors (Lipinski definition) is 23. The second-order valence-corrected chi connectivity index (χ2v) is 29.9. The van der Waals surface area contributed by atoms with Crippen LogP contribution in [0.3, 0.4) is 0 Å². The predicted octanol–water partition coefficient (Wildman–Crippen LogP) is -5.45. The van der Waals surface area contributed by atoms with Crippen molar-refractivity contribution in [3.63, 3.8) is 0 Å². The van der Waals surface area contributed by atoms with Gasteiger partial charge in [-0.1, -0.05) is 91.9 Å². The molecule has 3 aromatic heterocycles. The number of rotatable bonds is 25. The van der Waals surface area contributed by atoms with E-state index in [0.29, 0.717) is 22.4 Å². The number of aryl methyl sites for hydroxylation is 1. The fraction of sp³-hybridized carbons (Fsp3) is 0.405. The number of aromatic nitrogens is 6. The molecular formula is C79H104N26O16S. The Labute approximate surface area is 704 Å². The van der Waals surface area contributed by atoms with Gasteiger partial charge in [0.1, 0.15) is 72.2 Å². The van der Waals surface area contributed by atoms with E-state index in [1.807, 2.05) is 24.3 Å². The molecule has 8 rings (SSSR count). The highest BCUT2D eigenvalue weighted by Gasteiger charge is 2.39. The molecule has 1 aliphatic rings. The number of aromatic hydroxyl groups is 1. The molecule has 0 saturated carbocycles. The Morgan fingerprint density at radius 2 is 1.02 bits per heavy atom. The van der Waals surface area contributed by atoms with Crippen molar-refractivity contribution >= 4 is 117 Å².